The van der Waals surface area contributed by atoms with E-state index in [9.17, 15) is 14.4 Å². The molecule has 0 spiro atoms. The molecular formula is C26H25N3O4. The third-order valence-electron chi connectivity index (χ3n) is 5.53. The Bertz CT molecular complexity index is 1260. The molecule has 3 aromatic rings. The Morgan fingerprint density at radius 3 is 2.52 bits per heavy atom. The molecule has 2 aromatic carbocycles. The van der Waals surface area contributed by atoms with E-state index in [4.69, 9.17) is 4.74 Å². The van der Waals surface area contributed by atoms with Crippen LogP contribution in [-0.4, -0.2) is 34.0 Å². The van der Waals surface area contributed by atoms with Gasteiger partial charge >= 0.3 is 12.0 Å². The molecule has 7 heteroatoms. The van der Waals surface area contributed by atoms with Crippen LogP contribution in [-0.2, 0) is 16.1 Å². The van der Waals surface area contributed by atoms with Gasteiger partial charge in [0.1, 0.15) is 5.70 Å². The van der Waals surface area contributed by atoms with Crippen molar-refractivity contribution in [1.82, 2.24) is 14.8 Å². The lowest BCUT2D eigenvalue weighted by Gasteiger charge is -2.11. The topological polar surface area (TPSA) is 80.6 Å². The van der Waals surface area contributed by atoms with Crippen LogP contribution in [0.3, 0.4) is 0 Å². The third kappa shape index (κ3) is 4.43. The second-order valence-corrected chi connectivity index (χ2v) is 7.80. The van der Waals surface area contributed by atoms with Gasteiger partial charge in [0.25, 0.3) is 5.91 Å². The highest BCUT2D eigenvalue weighted by Crippen LogP contribution is 2.25. The first-order valence-electron chi connectivity index (χ1n) is 10.7. The number of hydrogen-bond donors (Lipinski definition) is 1. The fraction of sp³-hybridized carbons (Fsp3) is 0.192. The maximum absolute atomic E-state index is 12.9. The monoisotopic (exact) mass is 443 g/mol. The molecule has 1 fully saturated rings. The van der Waals surface area contributed by atoms with Crippen molar-refractivity contribution in [2.24, 2.45) is 0 Å². The van der Waals surface area contributed by atoms with Gasteiger partial charge in [-0.1, -0.05) is 36.4 Å². The van der Waals surface area contributed by atoms with Crippen LogP contribution >= 0.6 is 0 Å². The summed E-state index contributed by atoms with van der Waals surface area (Å²) in [5.74, 6) is -0.736. The zero-order valence-corrected chi connectivity index (χ0v) is 18.8. The SMILES string of the molecule is CCOC(=O)c1cccc(-n2c(C)cc(C=C3NC(=O)N(Cc4ccccc4)C3=O)c2C)c1. The van der Waals surface area contributed by atoms with Crippen molar-refractivity contribution in [2.45, 2.75) is 27.3 Å². The Hall–Kier alpha value is -4.13. The summed E-state index contributed by atoms with van der Waals surface area (Å²) in [6, 6.07) is 18.1. The molecule has 33 heavy (non-hydrogen) atoms. The first-order valence-corrected chi connectivity index (χ1v) is 10.7. The smallest absolute Gasteiger partial charge is 0.338 e. The minimum Gasteiger partial charge on any atom is -0.462 e. The summed E-state index contributed by atoms with van der Waals surface area (Å²) in [5.41, 5.74) is 5.00. The molecule has 0 bridgehead atoms. The van der Waals surface area contributed by atoms with Gasteiger partial charge < -0.3 is 14.6 Å². The van der Waals surface area contributed by atoms with Crippen LogP contribution in [0.15, 0.2) is 66.4 Å². The van der Waals surface area contributed by atoms with Crippen LogP contribution in [0, 0.1) is 13.8 Å². The minimum absolute atomic E-state index is 0.211. The van der Waals surface area contributed by atoms with E-state index in [0.29, 0.717) is 12.2 Å². The van der Waals surface area contributed by atoms with Crippen molar-refractivity contribution in [3.8, 4) is 5.69 Å². The lowest BCUT2D eigenvalue weighted by molar-refractivity contribution is -0.123. The number of esters is 1. The van der Waals surface area contributed by atoms with E-state index in [1.165, 1.54) is 4.90 Å². The van der Waals surface area contributed by atoms with Gasteiger partial charge in [-0.05, 0) is 62.2 Å². The molecule has 1 aliphatic rings. The van der Waals surface area contributed by atoms with Crippen LogP contribution in [0.2, 0.25) is 0 Å². The molecule has 4 rings (SSSR count). The number of urea groups is 1. The number of imide groups is 1. The van der Waals surface area contributed by atoms with Gasteiger partial charge in [0.15, 0.2) is 0 Å². The van der Waals surface area contributed by atoms with E-state index in [1.54, 1.807) is 31.2 Å². The normalized spacial score (nSPS) is 14.6. The molecular weight excluding hydrogens is 418 g/mol. The van der Waals surface area contributed by atoms with E-state index in [2.05, 4.69) is 5.32 Å². The van der Waals surface area contributed by atoms with Crippen molar-refractivity contribution >= 4 is 24.0 Å². The van der Waals surface area contributed by atoms with Crippen molar-refractivity contribution in [3.63, 3.8) is 0 Å². The van der Waals surface area contributed by atoms with E-state index >= 15 is 0 Å². The maximum Gasteiger partial charge on any atom is 0.338 e. The zero-order valence-electron chi connectivity index (χ0n) is 18.8. The molecule has 168 valence electrons. The van der Waals surface area contributed by atoms with Gasteiger partial charge in [0.2, 0.25) is 0 Å². The van der Waals surface area contributed by atoms with Crippen LogP contribution in [0.25, 0.3) is 11.8 Å². The second-order valence-electron chi connectivity index (χ2n) is 7.80. The van der Waals surface area contributed by atoms with Gasteiger partial charge in [0, 0.05) is 17.1 Å². The molecule has 0 unspecified atom stereocenters. The summed E-state index contributed by atoms with van der Waals surface area (Å²) in [6.45, 7) is 6.17. The van der Waals surface area contributed by atoms with Gasteiger partial charge in [0.05, 0.1) is 18.7 Å². The van der Waals surface area contributed by atoms with Crippen molar-refractivity contribution in [1.29, 1.82) is 0 Å². The molecule has 0 radical (unpaired) electrons. The van der Waals surface area contributed by atoms with Crippen molar-refractivity contribution in [2.75, 3.05) is 6.61 Å². The number of carbonyl (C=O) groups is 3. The fourth-order valence-corrected chi connectivity index (χ4v) is 3.95. The summed E-state index contributed by atoms with van der Waals surface area (Å²) >= 11 is 0. The molecule has 2 heterocycles. The zero-order chi connectivity index (χ0) is 23.5. The number of aryl methyl sites for hydroxylation is 1. The van der Waals surface area contributed by atoms with Crippen LogP contribution < -0.4 is 5.32 Å². The molecule has 0 aliphatic carbocycles. The molecule has 1 aromatic heterocycles. The summed E-state index contributed by atoms with van der Waals surface area (Å²) in [5, 5.41) is 2.68. The molecule has 1 N–H and O–H groups in total. The Morgan fingerprint density at radius 2 is 1.79 bits per heavy atom. The Kier molecular flexibility index (Phi) is 6.13. The molecule has 1 aliphatic heterocycles. The highest BCUT2D eigenvalue weighted by atomic mass is 16.5. The number of nitrogens with zero attached hydrogens (tertiary/aromatic N) is 2. The van der Waals surface area contributed by atoms with E-state index in [0.717, 1.165) is 28.2 Å². The van der Waals surface area contributed by atoms with Gasteiger partial charge in [-0.3, -0.25) is 9.69 Å². The average Bonchev–Trinajstić information content (AvgIpc) is 3.24. The number of aromatic nitrogens is 1. The highest BCUT2D eigenvalue weighted by Gasteiger charge is 2.33. The summed E-state index contributed by atoms with van der Waals surface area (Å²) < 4.78 is 7.11. The van der Waals surface area contributed by atoms with E-state index in [-0.39, 0.29) is 24.1 Å². The molecule has 3 amide bonds. The fourth-order valence-electron chi connectivity index (χ4n) is 3.95. The van der Waals surface area contributed by atoms with Crippen LogP contribution in [0.5, 0.6) is 0 Å². The second kappa shape index (κ2) is 9.16. The maximum atomic E-state index is 12.9. The van der Waals surface area contributed by atoms with Crippen molar-refractivity contribution < 1.29 is 19.1 Å². The first-order chi connectivity index (χ1) is 15.9. The molecule has 0 saturated carbocycles. The number of ether oxygens (including phenoxy) is 1. The van der Waals surface area contributed by atoms with Crippen LogP contribution in [0.1, 0.15) is 39.8 Å². The van der Waals surface area contributed by atoms with Gasteiger partial charge in [-0.25, -0.2) is 9.59 Å². The first kappa shape index (κ1) is 22.1. The Labute approximate surface area is 192 Å². The number of carbonyl (C=O) groups excluding carboxylic acids is 3. The highest BCUT2D eigenvalue weighted by molar-refractivity contribution is 6.14. The van der Waals surface area contributed by atoms with Crippen molar-refractivity contribution in [3.05, 3.63) is 94.4 Å². The Morgan fingerprint density at radius 1 is 1.03 bits per heavy atom. The quantitative estimate of drug-likeness (QED) is 0.349. The number of nitrogens with one attached hydrogen (secondary N) is 1. The summed E-state index contributed by atoms with van der Waals surface area (Å²) in [4.78, 5) is 38.7. The van der Waals surface area contributed by atoms with Crippen LogP contribution in [0.4, 0.5) is 4.79 Å². The summed E-state index contributed by atoms with van der Waals surface area (Å²) in [7, 11) is 0. The van der Waals surface area contributed by atoms with E-state index < -0.39 is 6.03 Å². The minimum atomic E-state index is -0.439. The third-order valence-corrected chi connectivity index (χ3v) is 5.53. The largest absolute Gasteiger partial charge is 0.462 e. The van der Waals surface area contributed by atoms with Gasteiger partial charge in [-0.15, -0.1) is 0 Å². The van der Waals surface area contributed by atoms with E-state index in [1.807, 2.05) is 60.9 Å². The number of amides is 3. The summed E-state index contributed by atoms with van der Waals surface area (Å²) in [6.07, 6.45) is 1.69. The molecule has 7 nitrogen and oxygen atoms in total. The molecule has 0 atom stereocenters. The number of hydrogen-bond acceptors (Lipinski definition) is 4. The average molecular weight is 444 g/mol. The lowest BCUT2D eigenvalue weighted by Crippen LogP contribution is -2.30. The lowest BCUT2D eigenvalue weighted by atomic mass is 10.2. The number of rotatable bonds is 6. The Balaban J connectivity index is 1.62. The predicted molar refractivity (Wildman–Crippen MR) is 125 cm³/mol. The van der Waals surface area contributed by atoms with Gasteiger partial charge in [-0.2, -0.15) is 0 Å². The number of benzene rings is 2. The predicted octanol–water partition coefficient (Wildman–Crippen LogP) is 4.36. The molecule has 1 saturated heterocycles. The standard InChI is InChI=1S/C26H25N3O4/c1-4-33-25(31)20-11-8-12-22(14-20)29-17(2)13-21(18(29)3)15-23-24(30)28(26(32)27-23)16-19-9-6-5-7-10-19/h5-15H,4,16H2,1-3H3,(H,27,32).